The molecular formula is C10H11NO2. The zero-order chi connectivity index (χ0) is 9.10. The summed E-state index contributed by atoms with van der Waals surface area (Å²) in [4.78, 5) is 4.10. The summed E-state index contributed by atoms with van der Waals surface area (Å²) in [5.41, 5.74) is 1.18. The molecule has 3 heteroatoms. The molecular weight excluding hydrogens is 166 g/mol. The van der Waals surface area contributed by atoms with Crippen LogP contribution in [-0.4, -0.2) is 17.9 Å². The van der Waals surface area contributed by atoms with E-state index in [4.69, 9.17) is 9.52 Å². The topological polar surface area (TPSA) is 45.7 Å². The number of hydrogen-bond acceptors (Lipinski definition) is 3. The van der Waals surface area contributed by atoms with Crippen LogP contribution in [0.4, 0.5) is 0 Å². The molecule has 3 nitrogen and oxygen atoms in total. The van der Waals surface area contributed by atoms with Crippen molar-refractivity contribution in [2.75, 3.05) is 6.54 Å². The van der Waals surface area contributed by atoms with E-state index in [0.717, 1.165) is 18.7 Å². The third-order valence-electron chi connectivity index (χ3n) is 1.95. The highest BCUT2D eigenvalue weighted by Gasteiger charge is 2.03. The van der Waals surface area contributed by atoms with Crippen LogP contribution in [0.15, 0.2) is 27.1 Å². The van der Waals surface area contributed by atoms with Crippen LogP contribution in [0.25, 0.3) is 6.08 Å². The maximum absolute atomic E-state index is 8.77. The zero-order valence-corrected chi connectivity index (χ0v) is 7.23. The maximum Gasteiger partial charge on any atom is 0.130 e. The number of aliphatic hydroxyl groups excluding tert-OH is 1. The van der Waals surface area contributed by atoms with Gasteiger partial charge in [0.25, 0.3) is 0 Å². The minimum Gasteiger partial charge on any atom is -0.459 e. The third kappa shape index (κ3) is 1.87. The summed E-state index contributed by atoms with van der Waals surface area (Å²) in [5, 5.41) is 8.77. The lowest BCUT2D eigenvalue weighted by atomic mass is 10.2. The van der Waals surface area contributed by atoms with E-state index in [1.54, 1.807) is 6.07 Å². The van der Waals surface area contributed by atoms with Gasteiger partial charge in [-0.3, -0.25) is 4.99 Å². The largest absolute Gasteiger partial charge is 0.459 e. The van der Waals surface area contributed by atoms with Gasteiger partial charge in [-0.05, 0) is 30.2 Å². The lowest BCUT2D eigenvalue weighted by Gasteiger charge is -1.90. The summed E-state index contributed by atoms with van der Waals surface area (Å²) in [6.07, 6.45) is 4.80. The molecule has 2 rings (SSSR count). The Bertz CT molecular complexity index is 350. The average molecular weight is 177 g/mol. The van der Waals surface area contributed by atoms with Crippen LogP contribution >= 0.6 is 0 Å². The van der Waals surface area contributed by atoms with Gasteiger partial charge in [0.1, 0.15) is 18.1 Å². The molecule has 0 unspecified atom stereocenters. The second-order valence-corrected chi connectivity index (χ2v) is 2.97. The van der Waals surface area contributed by atoms with E-state index in [9.17, 15) is 0 Å². The molecule has 0 bridgehead atoms. The standard InChI is InChI=1S/C10H11NO2/c12-7-10-2-1-9(13-10)5-8-3-4-11-6-8/h1-2,5-6,12H,3-4,7H2/b8-5-. The SMILES string of the molecule is OCc1ccc(/C=C2\C=NCC2)o1. The van der Waals surface area contributed by atoms with Gasteiger partial charge in [-0.2, -0.15) is 0 Å². The first-order valence-corrected chi connectivity index (χ1v) is 4.28. The van der Waals surface area contributed by atoms with Crippen molar-refractivity contribution < 1.29 is 9.52 Å². The highest BCUT2D eigenvalue weighted by Crippen LogP contribution is 2.15. The highest BCUT2D eigenvalue weighted by molar-refractivity contribution is 5.86. The fourth-order valence-corrected chi connectivity index (χ4v) is 1.29. The molecule has 0 spiro atoms. The monoisotopic (exact) mass is 177 g/mol. The molecule has 0 aliphatic carbocycles. The Kier molecular flexibility index (Phi) is 2.27. The van der Waals surface area contributed by atoms with Gasteiger partial charge in [-0.25, -0.2) is 0 Å². The van der Waals surface area contributed by atoms with E-state index < -0.39 is 0 Å². The molecule has 1 aliphatic heterocycles. The van der Waals surface area contributed by atoms with Gasteiger partial charge in [0.15, 0.2) is 0 Å². The van der Waals surface area contributed by atoms with Crippen molar-refractivity contribution in [1.82, 2.24) is 0 Å². The van der Waals surface area contributed by atoms with Crippen molar-refractivity contribution in [3.63, 3.8) is 0 Å². The number of furan rings is 1. The van der Waals surface area contributed by atoms with E-state index >= 15 is 0 Å². The minimum atomic E-state index is -0.0444. The van der Waals surface area contributed by atoms with E-state index in [1.165, 1.54) is 5.57 Å². The van der Waals surface area contributed by atoms with Crippen molar-refractivity contribution in [1.29, 1.82) is 0 Å². The average Bonchev–Trinajstić information content (AvgIpc) is 2.76. The van der Waals surface area contributed by atoms with Gasteiger partial charge in [-0.15, -0.1) is 0 Å². The summed E-state index contributed by atoms with van der Waals surface area (Å²) < 4.78 is 5.31. The Morgan fingerprint density at radius 2 is 2.46 bits per heavy atom. The Labute approximate surface area is 76.4 Å². The lowest BCUT2D eigenvalue weighted by molar-refractivity contribution is 0.246. The molecule has 0 atom stereocenters. The van der Waals surface area contributed by atoms with Crippen molar-refractivity contribution in [2.24, 2.45) is 4.99 Å². The number of hydrogen-bond donors (Lipinski definition) is 1. The summed E-state index contributed by atoms with van der Waals surface area (Å²) in [6.45, 7) is 0.830. The lowest BCUT2D eigenvalue weighted by Crippen LogP contribution is -1.77. The second-order valence-electron chi connectivity index (χ2n) is 2.97. The highest BCUT2D eigenvalue weighted by atomic mass is 16.4. The molecule has 13 heavy (non-hydrogen) atoms. The van der Waals surface area contributed by atoms with E-state index in [-0.39, 0.29) is 6.61 Å². The molecule has 0 fully saturated rings. The third-order valence-corrected chi connectivity index (χ3v) is 1.95. The van der Waals surface area contributed by atoms with E-state index in [2.05, 4.69) is 4.99 Å². The Balaban J connectivity index is 2.16. The van der Waals surface area contributed by atoms with Gasteiger partial charge < -0.3 is 9.52 Å². The Hall–Kier alpha value is -1.35. The van der Waals surface area contributed by atoms with E-state index in [1.807, 2.05) is 18.4 Å². The van der Waals surface area contributed by atoms with Gasteiger partial charge in [0, 0.05) is 12.8 Å². The summed E-state index contributed by atoms with van der Waals surface area (Å²) in [7, 11) is 0. The van der Waals surface area contributed by atoms with Gasteiger partial charge in [-0.1, -0.05) is 0 Å². The molecule has 0 radical (unpaired) electrons. The van der Waals surface area contributed by atoms with Crippen LogP contribution in [0.2, 0.25) is 0 Å². The number of aliphatic hydroxyl groups is 1. The molecule has 0 amide bonds. The number of aliphatic imine (C=N–C) groups is 1. The van der Waals surface area contributed by atoms with Crippen LogP contribution in [-0.2, 0) is 6.61 Å². The van der Waals surface area contributed by atoms with Crippen LogP contribution in [0, 0.1) is 0 Å². The van der Waals surface area contributed by atoms with Crippen molar-refractivity contribution >= 4 is 12.3 Å². The van der Waals surface area contributed by atoms with Crippen molar-refractivity contribution in [2.45, 2.75) is 13.0 Å². The normalized spacial score (nSPS) is 18.7. The van der Waals surface area contributed by atoms with Crippen LogP contribution < -0.4 is 0 Å². The molecule has 0 saturated heterocycles. The van der Waals surface area contributed by atoms with Crippen LogP contribution in [0.3, 0.4) is 0 Å². The fourth-order valence-electron chi connectivity index (χ4n) is 1.29. The zero-order valence-electron chi connectivity index (χ0n) is 7.23. The second kappa shape index (κ2) is 3.58. The number of rotatable bonds is 2. The minimum absolute atomic E-state index is 0.0444. The van der Waals surface area contributed by atoms with Crippen molar-refractivity contribution in [3.8, 4) is 0 Å². The van der Waals surface area contributed by atoms with Gasteiger partial charge >= 0.3 is 0 Å². The first-order chi connectivity index (χ1) is 6.38. The van der Waals surface area contributed by atoms with E-state index in [0.29, 0.717) is 5.76 Å². The molecule has 1 aromatic heterocycles. The summed E-state index contributed by atoms with van der Waals surface area (Å²) in [5.74, 6) is 1.38. The van der Waals surface area contributed by atoms with Crippen LogP contribution in [0.5, 0.6) is 0 Å². The maximum atomic E-state index is 8.77. The first-order valence-electron chi connectivity index (χ1n) is 4.28. The number of nitrogens with zero attached hydrogens (tertiary/aromatic N) is 1. The molecule has 2 heterocycles. The van der Waals surface area contributed by atoms with Crippen molar-refractivity contribution in [3.05, 3.63) is 29.2 Å². The molecule has 68 valence electrons. The predicted octanol–water partition coefficient (Wildman–Crippen LogP) is 1.63. The molecule has 1 aromatic rings. The van der Waals surface area contributed by atoms with Crippen LogP contribution in [0.1, 0.15) is 17.9 Å². The quantitative estimate of drug-likeness (QED) is 0.746. The van der Waals surface area contributed by atoms with Gasteiger partial charge in [0.2, 0.25) is 0 Å². The molecule has 1 N–H and O–H groups in total. The molecule has 0 saturated carbocycles. The Morgan fingerprint density at radius 3 is 3.08 bits per heavy atom. The molecule has 1 aliphatic rings. The smallest absolute Gasteiger partial charge is 0.130 e. The van der Waals surface area contributed by atoms with Gasteiger partial charge in [0.05, 0.1) is 0 Å². The summed E-state index contributed by atoms with van der Waals surface area (Å²) in [6, 6.07) is 3.63. The fraction of sp³-hybridized carbons (Fsp3) is 0.300. The first kappa shape index (κ1) is 8.26. The summed E-state index contributed by atoms with van der Waals surface area (Å²) >= 11 is 0. The Morgan fingerprint density at radius 1 is 1.54 bits per heavy atom. The molecule has 0 aromatic carbocycles. The predicted molar refractivity (Wildman–Crippen MR) is 50.6 cm³/mol.